The minimum atomic E-state index is -2.15. The largest absolute Gasteiger partial charge is 0.465 e. The van der Waals surface area contributed by atoms with Crippen molar-refractivity contribution >= 4 is 17.7 Å². The molecule has 0 bridgehead atoms. The van der Waals surface area contributed by atoms with E-state index in [4.69, 9.17) is 4.74 Å². The average Bonchev–Trinajstić information content (AvgIpc) is 2.30. The molecule has 2 nitrogen and oxygen atoms in total. The molecule has 0 amide bonds. The number of esters is 1. The fourth-order valence-corrected chi connectivity index (χ4v) is 2.09. The molecule has 0 aromatic heterocycles. The molecule has 0 heterocycles. The van der Waals surface area contributed by atoms with Gasteiger partial charge >= 0.3 is 5.97 Å². The molecule has 0 N–H and O–H groups in total. The summed E-state index contributed by atoms with van der Waals surface area (Å²) in [6, 6.07) is 0. The minimum Gasteiger partial charge on any atom is -0.465 e. The monoisotopic (exact) mass is 268 g/mol. The van der Waals surface area contributed by atoms with E-state index in [0.717, 1.165) is 30.8 Å². The van der Waals surface area contributed by atoms with Crippen LogP contribution in [0.1, 0.15) is 45.4 Å². The van der Waals surface area contributed by atoms with Gasteiger partial charge in [0.25, 0.3) is 0 Å². The van der Waals surface area contributed by atoms with E-state index in [-0.39, 0.29) is 12.4 Å². The summed E-state index contributed by atoms with van der Waals surface area (Å²) < 4.78 is 28.5. The highest BCUT2D eigenvalue weighted by atomic mass is 32.2. The van der Waals surface area contributed by atoms with Crippen molar-refractivity contribution < 1.29 is 18.3 Å². The Hall–Kier alpha value is -0.320. The van der Waals surface area contributed by atoms with Crippen LogP contribution in [-0.2, 0) is 9.53 Å². The highest BCUT2D eigenvalue weighted by Gasteiger charge is 2.01. The Labute approximate surface area is 106 Å². The second-order valence-electron chi connectivity index (χ2n) is 3.78. The summed E-state index contributed by atoms with van der Waals surface area (Å²) in [5, 5.41) is 0. The van der Waals surface area contributed by atoms with E-state index in [2.05, 4.69) is 0 Å². The van der Waals surface area contributed by atoms with Crippen molar-refractivity contribution in [2.75, 3.05) is 18.1 Å². The SMILES string of the molecule is CCC(=O)OCCSCCCCCCC(F)F. The highest BCUT2D eigenvalue weighted by Crippen LogP contribution is 2.11. The summed E-state index contributed by atoms with van der Waals surface area (Å²) in [5.74, 6) is 1.68. The lowest BCUT2D eigenvalue weighted by molar-refractivity contribution is -0.142. The van der Waals surface area contributed by atoms with E-state index in [9.17, 15) is 13.6 Å². The summed E-state index contributed by atoms with van der Waals surface area (Å²) in [6.45, 7) is 2.25. The second kappa shape index (κ2) is 12.1. The Morgan fingerprint density at radius 2 is 1.88 bits per heavy atom. The van der Waals surface area contributed by atoms with Crippen molar-refractivity contribution in [1.29, 1.82) is 0 Å². The lowest BCUT2D eigenvalue weighted by atomic mass is 10.2. The summed E-state index contributed by atoms with van der Waals surface area (Å²) >= 11 is 1.74. The Balaban J connectivity index is 3.01. The van der Waals surface area contributed by atoms with Crippen LogP contribution in [0, 0.1) is 0 Å². The van der Waals surface area contributed by atoms with Gasteiger partial charge < -0.3 is 4.74 Å². The van der Waals surface area contributed by atoms with Crippen molar-refractivity contribution in [2.24, 2.45) is 0 Å². The van der Waals surface area contributed by atoms with Gasteiger partial charge in [-0.15, -0.1) is 0 Å². The van der Waals surface area contributed by atoms with Crippen molar-refractivity contribution in [1.82, 2.24) is 0 Å². The zero-order valence-electron chi connectivity index (χ0n) is 10.4. The molecule has 0 radical (unpaired) electrons. The van der Waals surface area contributed by atoms with E-state index in [1.165, 1.54) is 0 Å². The normalized spacial score (nSPS) is 10.8. The van der Waals surface area contributed by atoms with Gasteiger partial charge in [-0.1, -0.05) is 19.8 Å². The van der Waals surface area contributed by atoms with Crippen molar-refractivity contribution in [3.05, 3.63) is 0 Å². The molecule has 0 unspecified atom stereocenters. The molecule has 0 saturated heterocycles. The van der Waals surface area contributed by atoms with Crippen molar-refractivity contribution in [3.63, 3.8) is 0 Å². The molecule has 0 rings (SSSR count). The first-order valence-electron chi connectivity index (χ1n) is 6.18. The molecule has 0 spiro atoms. The molecule has 0 aliphatic rings. The number of carbonyl (C=O) groups excluding carboxylic acids is 1. The Morgan fingerprint density at radius 3 is 2.53 bits per heavy atom. The first kappa shape index (κ1) is 16.7. The quantitative estimate of drug-likeness (QED) is 0.420. The van der Waals surface area contributed by atoms with Gasteiger partial charge in [-0.05, 0) is 18.6 Å². The molecule has 0 aliphatic heterocycles. The van der Waals surface area contributed by atoms with Gasteiger partial charge in [0.05, 0.1) is 0 Å². The van der Waals surface area contributed by atoms with Crippen LogP contribution in [0.2, 0.25) is 0 Å². The molecular formula is C12H22F2O2S. The number of halogens is 2. The van der Waals surface area contributed by atoms with E-state index in [1.807, 2.05) is 0 Å². The highest BCUT2D eigenvalue weighted by molar-refractivity contribution is 7.99. The molecule has 0 aromatic rings. The first-order chi connectivity index (χ1) is 8.16. The van der Waals surface area contributed by atoms with Crippen LogP contribution in [-0.4, -0.2) is 30.5 Å². The molecule has 0 saturated carbocycles. The Kier molecular flexibility index (Phi) is 11.9. The maximum Gasteiger partial charge on any atom is 0.305 e. The Bertz CT molecular complexity index is 189. The maximum absolute atomic E-state index is 11.8. The molecular weight excluding hydrogens is 246 g/mol. The van der Waals surface area contributed by atoms with Crippen LogP contribution in [0.4, 0.5) is 8.78 Å². The topological polar surface area (TPSA) is 26.3 Å². The molecule has 102 valence electrons. The van der Waals surface area contributed by atoms with Gasteiger partial charge in [0.1, 0.15) is 6.61 Å². The molecule has 0 aliphatic carbocycles. The number of hydrogen-bond donors (Lipinski definition) is 0. The summed E-state index contributed by atoms with van der Waals surface area (Å²) in [5.41, 5.74) is 0. The van der Waals surface area contributed by atoms with E-state index in [1.54, 1.807) is 18.7 Å². The number of carbonyl (C=O) groups is 1. The maximum atomic E-state index is 11.8. The number of rotatable bonds is 11. The number of thioether (sulfide) groups is 1. The fourth-order valence-electron chi connectivity index (χ4n) is 1.27. The molecule has 0 atom stereocenters. The summed E-state index contributed by atoms with van der Waals surface area (Å²) in [6.07, 6.45) is 1.86. The fraction of sp³-hybridized carbons (Fsp3) is 0.917. The van der Waals surface area contributed by atoms with Crippen molar-refractivity contribution in [3.8, 4) is 0 Å². The van der Waals surface area contributed by atoms with Crippen LogP contribution < -0.4 is 0 Å². The number of hydrogen-bond acceptors (Lipinski definition) is 3. The van der Waals surface area contributed by atoms with Gasteiger partial charge in [0.2, 0.25) is 6.43 Å². The van der Waals surface area contributed by atoms with Gasteiger partial charge in [0.15, 0.2) is 0 Å². The second-order valence-corrected chi connectivity index (χ2v) is 5.01. The third-order valence-electron chi connectivity index (χ3n) is 2.24. The minimum absolute atomic E-state index is 0.0279. The molecule has 17 heavy (non-hydrogen) atoms. The van der Waals surface area contributed by atoms with E-state index >= 15 is 0 Å². The van der Waals surface area contributed by atoms with Gasteiger partial charge in [-0.2, -0.15) is 11.8 Å². The Morgan fingerprint density at radius 1 is 1.18 bits per heavy atom. The number of unbranched alkanes of at least 4 members (excludes halogenated alkanes) is 3. The van der Waals surface area contributed by atoms with Crippen LogP contribution in [0.25, 0.3) is 0 Å². The third kappa shape index (κ3) is 13.6. The zero-order valence-corrected chi connectivity index (χ0v) is 11.2. The number of ether oxygens (including phenoxy) is 1. The van der Waals surface area contributed by atoms with Gasteiger partial charge in [-0.25, -0.2) is 8.78 Å². The predicted octanol–water partition coefficient (Wildman–Crippen LogP) is 3.89. The van der Waals surface area contributed by atoms with Crippen molar-refractivity contribution in [2.45, 2.75) is 51.9 Å². The van der Waals surface area contributed by atoms with E-state index < -0.39 is 6.43 Å². The van der Waals surface area contributed by atoms with Crippen LogP contribution in [0.5, 0.6) is 0 Å². The van der Waals surface area contributed by atoms with Crippen LogP contribution in [0.15, 0.2) is 0 Å². The molecule has 0 aromatic carbocycles. The zero-order chi connectivity index (χ0) is 12.9. The lowest BCUT2D eigenvalue weighted by Gasteiger charge is -2.03. The first-order valence-corrected chi connectivity index (χ1v) is 7.33. The van der Waals surface area contributed by atoms with Crippen LogP contribution in [0.3, 0.4) is 0 Å². The molecule has 5 heteroatoms. The van der Waals surface area contributed by atoms with Gasteiger partial charge in [0, 0.05) is 18.6 Å². The number of alkyl halides is 2. The summed E-state index contributed by atoms with van der Waals surface area (Å²) in [4.78, 5) is 10.8. The lowest BCUT2D eigenvalue weighted by Crippen LogP contribution is -2.05. The summed E-state index contributed by atoms with van der Waals surface area (Å²) in [7, 11) is 0. The van der Waals surface area contributed by atoms with Gasteiger partial charge in [-0.3, -0.25) is 4.79 Å². The molecule has 0 fully saturated rings. The third-order valence-corrected chi connectivity index (χ3v) is 3.27. The average molecular weight is 268 g/mol. The standard InChI is InChI=1S/C12H22F2O2S/c1-2-12(15)16-8-10-17-9-6-4-3-5-7-11(13)14/h11H,2-10H2,1H3. The van der Waals surface area contributed by atoms with E-state index in [0.29, 0.717) is 19.4 Å². The predicted molar refractivity (Wildman–Crippen MR) is 67.7 cm³/mol. The smallest absolute Gasteiger partial charge is 0.305 e. The van der Waals surface area contributed by atoms with Crippen LogP contribution >= 0.6 is 11.8 Å².